The van der Waals surface area contributed by atoms with Crippen molar-refractivity contribution in [3.8, 4) is 17.0 Å². The van der Waals surface area contributed by atoms with Crippen molar-refractivity contribution >= 4 is 28.0 Å². The third-order valence-electron chi connectivity index (χ3n) is 3.73. The van der Waals surface area contributed by atoms with Crippen LogP contribution in [0.25, 0.3) is 11.3 Å². The first-order chi connectivity index (χ1) is 12.5. The molecule has 0 saturated carbocycles. The Kier molecular flexibility index (Phi) is 5.08. The van der Waals surface area contributed by atoms with Crippen molar-refractivity contribution in [3.05, 3.63) is 50.5 Å². The van der Waals surface area contributed by atoms with Crippen LogP contribution >= 0.6 is 11.3 Å². The standard InChI is InChI=1S/C17H19N5O3S/c1-3-22-14(18)13(15(23)21-17(22)24)12-9-26-16(20-12)19-10-5-7-11(8-6-10)25-4-2/h5-9H,3-4,18H2,1-2H3,(H,19,20)(H,21,23,24). The second-order valence-corrected chi connectivity index (χ2v) is 6.24. The number of anilines is 3. The number of hydrogen-bond acceptors (Lipinski definition) is 7. The number of nitrogens with one attached hydrogen (secondary N) is 2. The molecule has 1 aromatic carbocycles. The number of nitrogen functional groups attached to an aromatic ring is 1. The predicted octanol–water partition coefficient (Wildman–Crippen LogP) is 2.40. The highest BCUT2D eigenvalue weighted by Crippen LogP contribution is 2.28. The molecule has 2 heterocycles. The molecule has 9 heteroatoms. The summed E-state index contributed by atoms with van der Waals surface area (Å²) in [4.78, 5) is 30.7. The lowest BCUT2D eigenvalue weighted by atomic mass is 10.2. The largest absolute Gasteiger partial charge is 0.494 e. The molecule has 0 fully saturated rings. The first kappa shape index (κ1) is 17.7. The van der Waals surface area contributed by atoms with E-state index in [-0.39, 0.29) is 11.4 Å². The summed E-state index contributed by atoms with van der Waals surface area (Å²) >= 11 is 1.34. The van der Waals surface area contributed by atoms with E-state index in [4.69, 9.17) is 10.5 Å². The molecule has 4 N–H and O–H groups in total. The number of aromatic nitrogens is 3. The van der Waals surface area contributed by atoms with Gasteiger partial charge in [-0.1, -0.05) is 0 Å². The predicted molar refractivity (Wildman–Crippen MR) is 103 cm³/mol. The molecule has 2 aromatic heterocycles. The minimum Gasteiger partial charge on any atom is -0.494 e. The van der Waals surface area contributed by atoms with Crippen molar-refractivity contribution in [1.82, 2.24) is 14.5 Å². The van der Waals surface area contributed by atoms with Crippen LogP contribution in [0.15, 0.2) is 39.2 Å². The van der Waals surface area contributed by atoms with Crippen molar-refractivity contribution in [2.45, 2.75) is 20.4 Å². The Bertz CT molecular complexity index is 1020. The van der Waals surface area contributed by atoms with E-state index in [9.17, 15) is 9.59 Å². The first-order valence-electron chi connectivity index (χ1n) is 8.11. The van der Waals surface area contributed by atoms with Crippen molar-refractivity contribution in [3.63, 3.8) is 0 Å². The molecule has 3 aromatic rings. The van der Waals surface area contributed by atoms with Crippen molar-refractivity contribution < 1.29 is 4.74 Å². The molecule has 0 aliphatic carbocycles. The number of rotatable bonds is 6. The lowest BCUT2D eigenvalue weighted by molar-refractivity contribution is 0.340. The SMILES string of the molecule is CCOc1ccc(Nc2nc(-c3c(N)n(CC)c(=O)[nH]c3=O)cs2)cc1. The van der Waals surface area contributed by atoms with Gasteiger partial charge in [0.05, 0.1) is 12.3 Å². The van der Waals surface area contributed by atoms with Gasteiger partial charge < -0.3 is 15.8 Å². The summed E-state index contributed by atoms with van der Waals surface area (Å²) in [5, 5.41) is 5.51. The topological polar surface area (TPSA) is 115 Å². The zero-order valence-electron chi connectivity index (χ0n) is 14.4. The second kappa shape index (κ2) is 7.44. The molecule has 0 spiro atoms. The zero-order valence-corrected chi connectivity index (χ0v) is 15.2. The van der Waals surface area contributed by atoms with E-state index in [1.54, 1.807) is 12.3 Å². The lowest BCUT2D eigenvalue weighted by Crippen LogP contribution is -2.32. The molecule has 0 radical (unpaired) electrons. The van der Waals surface area contributed by atoms with Gasteiger partial charge in [-0.25, -0.2) is 9.78 Å². The van der Waals surface area contributed by atoms with Gasteiger partial charge in [0.25, 0.3) is 5.56 Å². The summed E-state index contributed by atoms with van der Waals surface area (Å²) in [7, 11) is 0. The molecule has 136 valence electrons. The molecule has 0 aliphatic heterocycles. The Morgan fingerprint density at radius 2 is 2.00 bits per heavy atom. The fourth-order valence-electron chi connectivity index (χ4n) is 2.52. The van der Waals surface area contributed by atoms with Crippen LogP contribution in [0, 0.1) is 0 Å². The van der Waals surface area contributed by atoms with Crippen molar-refractivity contribution in [1.29, 1.82) is 0 Å². The van der Waals surface area contributed by atoms with Crippen LogP contribution in [0.2, 0.25) is 0 Å². The fraction of sp³-hybridized carbons (Fsp3) is 0.235. The zero-order chi connectivity index (χ0) is 18.7. The number of ether oxygens (including phenoxy) is 1. The summed E-state index contributed by atoms with van der Waals surface area (Å²) in [6, 6.07) is 7.48. The second-order valence-electron chi connectivity index (χ2n) is 5.38. The Morgan fingerprint density at radius 1 is 1.27 bits per heavy atom. The van der Waals surface area contributed by atoms with Gasteiger partial charge in [0.2, 0.25) is 0 Å². The van der Waals surface area contributed by atoms with Crippen LogP contribution in [0.3, 0.4) is 0 Å². The van der Waals surface area contributed by atoms with Gasteiger partial charge in [0.15, 0.2) is 5.13 Å². The smallest absolute Gasteiger partial charge is 0.329 e. The minimum atomic E-state index is -0.546. The van der Waals surface area contributed by atoms with Gasteiger partial charge >= 0.3 is 5.69 Å². The summed E-state index contributed by atoms with van der Waals surface area (Å²) in [5.74, 6) is 0.901. The lowest BCUT2D eigenvalue weighted by Gasteiger charge is -2.09. The Labute approximate surface area is 153 Å². The number of nitrogens with two attached hydrogens (primary N) is 1. The number of benzene rings is 1. The monoisotopic (exact) mass is 373 g/mol. The van der Waals surface area contributed by atoms with Gasteiger partial charge in [-0.3, -0.25) is 14.3 Å². The Hall–Kier alpha value is -3.07. The van der Waals surface area contributed by atoms with Crippen molar-refractivity contribution in [2.75, 3.05) is 17.7 Å². The molecule has 0 aliphatic rings. The Morgan fingerprint density at radius 3 is 2.65 bits per heavy atom. The van der Waals surface area contributed by atoms with Gasteiger partial charge in [0.1, 0.15) is 17.1 Å². The molecular formula is C17H19N5O3S. The molecule has 0 amide bonds. The van der Waals surface area contributed by atoms with Gasteiger partial charge in [-0.05, 0) is 38.1 Å². The fourth-order valence-corrected chi connectivity index (χ4v) is 3.24. The molecule has 0 atom stereocenters. The van der Waals surface area contributed by atoms with E-state index in [1.807, 2.05) is 31.2 Å². The van der Waals surface area contributed by atoms with E-state index in [1.165, 1.54) is 15.9 Å². The average Bonchev–Trinajstić information content (AvgIpc) is 3.05. The maximum absolute atomic E-state index is 12.2. The van der Waals surface area contributed by atoms with Gasteiger partial charge in [-0.2, -0.15) is 0 Å². The molecule has 26 heavy (non-hydrogen) atoms. The quantitative estimate of drug-likeness (QED) is 0.611. The number of thiazole rings is 1. The molecule has 0 unspecified atom stereocenters. The van der Waals surface area contributed by atoms with E-state index >= 15 is 0 Å². The van der Waals surface area contributed by atoms with Crippen LogP contribution < -0.4 is 27.0 Å². The summed E-state index contributed by atoms with van der Waals surface area (Å²) in [6.07, 6.45) is 0. The van der Waals surface area contributed by atoms with E-state index < -0.39 is 11.2 Å². The van der Waals surface area contributed by atoms with Crippen LogP contribution in [0.1, 0.15) is 13.8 Å². The molecule has 3 rings (SSSR count). The normalized spacial score (nSPS) is 10.7. The maximum Gasteiger partial charge on any atom is 0.329 e. The van der Waals surface area contributed by atoms with Gasteiger partial charge in [0, 0.05) is 17.6 Å². The van der Waals surface area contributed by atoms with E-state index in [0.717, 1.165) is 11.4 Å². The van der Waals surface area contributed by atoms with Crippen LogP contribution in [-0.4, -0.2) is 21.1 Å². The van der Waals surface area contributed by atoms with Crippen LogP contribution in [0.4, 0.5) is 16.6 Å². The third kappa shape index (κ3) is 3.47. The minimum absolute atomic E-state index is 0.110. The molecule has 0 bridgehead atoms. The van der Waals surface area contributed by atoms with Crippen molar-refractivity contribution in [2.24, 2.45) is 0 Å². The van der Waals surface area contributed by atoms with E-state index in [2.05, 4.69) is 15.3 Å². The maximum atomic E-state index is 12.2. The molecular weight excluding hydrogens is 354 g/mol. The number of nitrogens with zero attached hydrogens (tertiary/aromatic N) is 2. The van der Waals surface area contributed by atoms with Crippen LogP contribution in [0.5, 0.6) is 5.75 Å². The summed E-state index contributed by atoms with van der Waals surface area (Å²) in [6.45, 7) is 4.67. The highest BCUT2D eigenvalue weighted by atomic mass is 32.1. The third-order valence-corrected chi connectivity index (χ3v) is 4.49. The first-order valence-corrected chi connectivity index (χ1v) is 8.99. The van der Waals surface area contributed by atoms with Gasteiger partial charge in [-0.15, -0.1) is 11.3 Å². The molecule has 8 nitrogen and oxygen atoms in total. The average molecular weight is 373 g/mol. The summed E-state index contributed by atoms with van der Waals surface area (Å²) < 4.78 is 6.71. The van der Waals surface area contributed by atoms with E-state index in [0.29, 0.717) is 24.0 Å². The summed E-state index contributed by atoms with van der Waals surface area (Å²) in [5.41, 5.74) is 6.40. The Balaban J connectivity index is 1.89. The number of H-pyrrole nitrogens is 1. The van der Waals surface area contributed by atoms with Crippen LogP contribution in [-0.2, 0) is 6.54 Å². The highest BCUT2D eigenvalue weighted by molar-refractivity contribution is 7.14. The highest BCUT2D eigenvalue weighted by Gasteiger charge is 2.16. The number of hydrogen-bond donors (Lipinski definition) is 3. The number of aromatic amines is 1. The molecule has 0 saturated heterocycles.